The van der Waals surface area contributed by atoms with E-state index in [1.165, 1.54) is 16.2 Å². The number of hydrogen-bond acceptors (Lipinski definition) is 8. The predicted molar refractivity (Wildman–Crippen MR) is 138 cm³/mol. The summed E-state index contributed by atoms with van der Waals surface area (Å²) in [7, 11) is 1.57. The number of methoxy groups -OCH3 is 1. The van der Waals surface area contributed by atoms with E-state index in [4.69, 9.17) is 13.9 Å². The largest absolute Gasteiger partial charge is 0.493 e. The first-order valence-electron chi connectivity index (χ1n) is 12.1. The van der Waals surface area contributed by atoms with Crippen molar-refractivity contribution in [1.82, 2.24) is 10.2 Å². The van der Waals surface area contributed by atoms with Gasteiger partial charge in [0.15, 0.2) is 16.9 Å². The van der Waals surface area contributed by atoms with Crippen molar-refractivity contribution in [2.24, 2.45) is 0 Å². The molecule has 1 atom stereocenters. The number of unbranched alkanes of at least 4 members (excludes halogenated alkanes) is 1. The molecule has 0 N–H and O–H groups in total. The first-order valence-corrected chi connectivity index (χ1v) is 12.9. The van der Waals surface area contributed by atoms with E-state index in [9.17, 15) is 9.59 Å². The lowest BCUT2D eigenvalue weighted by atomic mass is 9.98. The molecule has 1 aliphatic rings. The molecule has 186 valence electrons. The maximum atomic E-state index is 13.7. The van der Waals surface area contributed by atoms with Gasteiger partial charge in [-0.25, -0.2) is 0 Å². The Balaban J connectivity index is 1.68. The van der Waals surface area contributed by atoms with E-state index in [0.29, 0.717) is 39.8 Å². The lowest BCUT2D eigenvalue weighted by Crippen LogP contribution is -2.29. The number of carbonyl (C=O) groups is 1. The van der Waals surface area contributed by atoms with Gasteiger partial charge in [-0.3, -0.25) is 14.5 Å². The topological polar surface area (TPSA) is 94.8 Å². The number of amides is 1. The summed E-state index contributed by atoms with van der Waals surface area (Å²) in [6.07, 6.45) is 3.61. The van der Waals surface area contributed by atoms with Gasteiger partial charge in [-0.2, -0.15) is 0 Å². The molecule has 9 heteroatoms. The van der Waals surface area contributed by atoms with Gasteiger partial charge >= 0.3 is 0 Å². The Morgan fingerprint density at radius 2 is 1.89 bits per heavy atom. The minimum absolute atomic E-state index is 0.0261. The van der Waals surface area contributed by atoms with E-state index in [1.807, 2.05) is 18.2 Å². The van der Waals surface area contributed by atoms with Gasteiger partial charge < -0.3 is 13.9 Å². The summed E-state index contributed by atoms with van der Waals surface area (Å²) in [5.41, 5.74) is 1.11. The van der Waals surface area contributed by atoms with Gasteiger partial charge in [-0.05, 0) is 42.7 Å². The highest BCUT2D eigenvalue weighted by Crippen LogP contribution is 2.44. The van der Waals surface area contributed by atoms with Gasteiger partial charge in [0.25, 0.3) is 5.91 Å². The van der Waals surface area contributed by atoms with Gasteiger partial charge in [0.2, 0.25) is 10.9 Å². The number of aryl methyl sites for hydroxylation is 1. The molecule has 0 saturated heterocycles. The van der Waals surface area contributed by atoms with E-state index in [1.54, 1.807) is 31.4 Å². The lowest BCUT2D eigenvalue weighted by Gasteiger charge is -2.23. The highest BCUT2D eigenvalue weighted by atomic mass is 32.1. The number of anilines is 1. The molecule has 2 aromatic heterocycles. The smallest absolute Gasteiger partial charge is 0.297 e. The molecule has 1 aliphatic heterocycles. The van der Waals surface area contributed by atoms with Crippen LogP contribution in [0.5, 0.6) is 11.5 Å². The Hall–Kier alpha value is -3.72. The Morgan fingerprint density at radius 3 is 2.67 bits per heavy atom. The Bertz CT molecular complexity index is 1480. The molecule has 3 heterocycles. The molecule has 1 unspecified atom stereocenters. The summed E-state index contributed by atoms with van der Waals surface area (Å²) in [5, 5.41) is 10.2. The van der Waals surface area contributed by atoms with Crippen molar-refractivity contribution >= 4 is 33.3 Å². The van der Waals surface area contributed by atoms with Crippen LogP contribution in [0.3, 0.4) is 0 Å². The molecule has 5 rings (SSSR count). The zero-order valence-corrected chi connectivity index (χ0v) is 21.3. The van der Waals surface area contributed by atoms with Crippen LogP contribution in [-0.4, -0.2) is 29.8 Å². The van der Waals surface area contributed by atoms with Crippen molar-refractivity contribution < 1.29 is 18.7 Å². The Kier molecular flexibility index (Phi) is 6.73. The predicted octanol–water partition coefficient (Wildman–Crippen LogP) is 5.53. The van der Waals surface area contributed by atoms with Gasteiger partial charge in [-0.1, -0.05) is 49.8 Å². The number of aromatic nitrogens is 2. The number of para-hydroxylation sites is 1. The maximum Gasteiger partial charge on any atom is 0.297 e. The van der Waals surface area contributed by atoms with Crippen molar-refractivity contribution in [2.45, 2.75) is 45.6 Å². The third-order valence-electron chi connectivity index (χ3n) is 6.16. The van der Waals surface area contributed by atoms with Gasteiger partial charge in [-0.15, -0.1) is 10.2 Å². The number of ether oxygens (including phenoxy) is 2. The van der Waals surface area contributed by atoms with Crippen LogP contribution in [0.2, 0.25) is 0 Å². The molecule has 0 spiro atoms. The van der Waals surface area contributed by atoms with Crippen LogP contribution in [0.4, 0.5) is 5.13 Å². The van der Waals surface area contributed by atoms with Crippen LogP contribution in [0.15, 0.2) is 51.7 Å². The van der Waals surface area contributed by atoms with Crippen molar-refractivity contribution in [3.63, 3.8) is 0 Å². The van der Waals surface area contributed by atoms with Gasteiger partial charge in [0.05, 0.1) is 30.7 Å². The molecule has 0 saturated carbocycles. The fraction of sp³-hybridized carbons (Fsp3) is 0.333. The second-order valence-electron chi connectivity index (χ2n) is 8.59. The molecule has 0 radical (unpaired) electrons. The quantitative estimate of drug-likeness (QED) is 0.276. The van der Waals surface area contributed by atoms with E-state index in [2.05, 4.69) is 24.0 Å². The van der Waals surface area contributed by atoms with Crippen molar-refractivity contribution in [3.05, 3.63) is 74.6 Å². The van der Waals surface area contributed by atoms with Crippen LogP contribution in [0, 0.1) is 0 Å². The SMILES string of the molecule is CCCCOc1ccc(C2c3c(oc4ccccc4c3=O)C(=O)N2c2nnc(CCC)s2)cc1OC. The van der Waals surface area contributed by atoms with Crippen LogP contribution < -0.4 is 19.8 Å². The zero-order valence-electron chi connectivity index (χ0n) is 20.4. The van der Waals surface area contributed by atoms with Crippen LogP contribution in [-0.2, 0) is 6.42 Å². The van der Waals surface area contributed by atoms with E-state index in [0.717, 1.165) is 30.7 Å². The third-order valence-corrected chi connectivity index (χ3v) is 7.14. The summed E-state index contributed by atoms with van der Waals surface area (Å²) in [4.78, 5) is 28.9. The van der Waals surface area contributed by atoms with E-state index < -0.39 is 11.9 Å². The zero-order chi connectivity index (χ0) is 25.2. The molecular formula is C27H27N3O5S. The molecule has 2 aromatic carbocycles. The van der Waals surface area contributed by atoms with Gasteiger partial charge in [0.1, 0.15) is 10.6 Å². The van der Waals surface area contributed by atoms with E-state index >= 15 is 0 Å². The van der Waals surface area contributed by atoms with Crippen molar-refractivity contribution in [1.29, 1.82) is 0 Å². The summed E-state index contributed by atoms with van der Waals surface area (Å²) in [6, 6.07) is 11.7. The number of benzene rings is 2. The fourth-order valence-electron chi connectivity index (χ4n) is 4.39. The summed E-state index contributed by atoms with van der Waals surface area (Å²) >= 11 is 1.35. The highest BCUT2D eigenvalue weighted by molar-refractivity contribution is 7.15. The molecule has 4 aromatic rings. The molecular weight excluding hydrogens is 478 g/mol. The average Bonchev–Trinajstić information content (AvgIpc) is 3.47. The number of nitrogens with zero attached hydrogens (tertiary/aromatic N) is 3. The van der Waals surface area contributed by atoms with Crippen molar-refractivity contribution in [3.8, 4) is 11.5 Å². The van der Waals surface area contributed by atoms with Crippen molar-refractivity contribution in [2.75, 3.05) is 18.6 Å². The first kappa shape index (κ1) is 24.0. The highest BCUT2D eigenvalue weighted by Gasteiger charge is 2.45. The standard InChI is InChI=1S/C27H27N3O5S/c1-4-6-14-34-19-13-12-16(15-20(19)33-3)23-22-24(31)17-10-7-8-11-18(17)35-25(22)26(32)30(23)27-29-28-21(36-27)9-5-2/h7-8,10-13,15,23H,4-6,9,14H2,1-3H3. The van der Waals surface area contributed by atoms with Crippen LogP contribution in [0.25, 0.3) is 11.0 Å². The Morgan fingerprint density at radius 1 is 1.06 bits per heavy atom. The number of rotatable bonds is 9. The molecule has 36 heavy (non-hydrogen) atoms. The summed E-state index contributed by atoms with van der Waals surface area (Å²) in [5.74, 6) is 0.744. The second kappa shape index (κ2) is 10.1. The minimum Gasteiger partial charge on any atom is -0.493 e. The first-order chi connectivity index (χ1) is 17.6. The third kappa shape index (κ3) is 4.13. The maximum absolute atomic E-state index is 13.7. The monoisotopic (exact) mass is 505 g/mol. The summed E-state index contributed by atoms with van der Waals surface area (Å²) < 4.78 is 17.5. The number of hydrogen-bond donors (Lipinski definition) is 0. The fourth-order valence-corrected chi connectivity index (χ4v) is 5.36. The lowest BCUT2D eigenvalue weighted by molar-refractivity contribution is 0.0970. The average molecular weight is 506 g/mol. The van der Waals surface area contributed by atoms with Gasteiger partial charge in [0, 0.05) is 6.42 Å². The minimum atomic E-state index is -0.741. The summed E-state index contributed by atoms with van der Waals surface area (Å²) in [6.45, 7) is 4.73. The molecule has 8 nitrogen and oxygen atoms in total. The molecule has 0 fully saturated rings. The van der Waals surface area contributed by atoms with Crippen LogP contribution in [0.1, 0.15) is 65.8 Å². The second-order valence-corrected chi connectivity index (χ2v) is 9.63. The molecule has 1 amide bonds. The molecule has 0 bridgehead atoms. The number of carbonyl (C=O) groups excluding carboxylic acids is 1. The normalized spacial score (nSPS) is 14.9. The number of fused-ring (bicyclic) bond motifs is 2. The van der Waals surface area contributed by atoms with E-state index in [-0.39, 0.29) is 16.8 Å². The molecule has 0 aliphatic carbocycles. The Labute approximate surface area is 212 Å². The van der Waals surface area contributed by atoms with Crippen LogP contribution >= 0.6 is 11.3 Å².